The average molecular weight is 263 g/mol. The third kappa shape index (κ3) is 3.58. The smallest absolute Gasteiger partial charge is 0.226 e. The number of piperidine rings is 1. The molecule has 1 aromatic rings. The molecular formula is C15H25N3O. The summed E-state index contributed by atoms with van der Waals surface area (Å²) in [5.74, 6) is 2.18. The molecule has 0 aromatic carbocycles. The minimum Gasteiger partial charge on any atom is -0.375 e. The van der Waals surface area contributed by atoms with Crippen molar-refractivity contribution in [3.63, 3.8) is 0 Å². The van der Waals surface area contributed by atoms with Gasteiger partial charge >= 0.3 is 0 Å². The van der Waals surface area contributed by atoms with Crippen LogP contribution in [0.2, 0.25) is 0 Å². The molecule has 19 heavy (non-hydrogen) atoms. The normalized spacial score (nSPS) is 18.1. The lowest BCUT2D eigenvalue weighted by molar-refractivity contribution is 0.255. The van der Waals surface area contributed by atoms with Crippen molar-refractivity contribution in [1.82, 2.24) is 15.0 Å². The van der Waals surface area contributed by atoms with Crippen LogP contribution < -0.4 is 0 Å². The van der Waals surface area contributed by atoms with Crippen molar-refractivity contribution in [2.45, 2.75) is 58.8 Å². The van der Waals surface area contributed by atoms with E-state index in [0.29, 0.717) is 5.92 Å². The minimum absolute atomic E-state index is 0.472. The van der Waals surface area contributed by atoms with Crippen molar-refractivity contribution in [3.05, 3.63) is 23.5 Å². The Bertz CT molecular complexity index is 417. The molecular weight excluding hydrogens is 238 g/mol. The molecule has 1 saturated heterocycles. The molecule has 0 amide bonds. The summed E-state index contributed by atoms with van der Waals surface area (Å²) in [5.41, 5.74) is 1.40. The van der Waals surface area contributed by atoms with E-state index in [-0.39, 0.29) is 0 Å². The highest BCUT2D eigenvalue weighted by Gasteiger charge is 2.24. The highest BCUT2D eigenvalue weighted by molar-refractivity contribution is 5.03. The van der Waals surface area contributed by atoms with Gasteiger partial charge < -0.3 is 9.42 Å². The van der Waals surface area contributed by atoms with E-state index in [1.165, 1.54) is 5.70 Å². The summed E-state index contributed by atoms with van der Waals surface area (Å²) < 4.78 is 5.29. The number of allylic oxidation sites excluding steroid dienone is 2. The predicted octanol–water partition coefficient (Wildman–Crippen LogP) is 3.52. The minimum atomic E-state index is 0.472. The predicted molar refractivity (Wildman–Crippen MR) is 75.9 cm³/mol. The first-order valence-electron chi connectivity index (χ1n) is 7.48. The van der Waals surface area contributed by atoms with Crippen LogP contribution in [0.1, 0.15) is 64.1 Å². The van der Waals surface area contributed by atoms with Crippen LogP contribution in [0.5, 0.6) is 0 Å². The summed E-state index contributed by atoms with van der Waals surface area (Å²) in [6.07, 6.45) is 7.61. The van der Waals surface area contributed by atoms with Gasteiger partial charge in [0.25, 0.3) is 0 Å². The number of rotatable bonds is 5. The average Bonchev–Trinajstić information content (AvgIpc) is 2.88. The zero-order chi connectivity index (χ0) is 13.7. The molecule has 0 aliphatic carbocycles. The Labute approximate surface area is 115 Å². The summed E-state index contributed by atoms with van der Waals surface area (Å²) >= 11 is 0. The van der Waals surface area contributed by atoms with Crippen LogP contribution in [0.4, 0.5) is 0 Å². The fourth-order valence-electron chi connectivity index (χ4n) is 2.66. The maximum Gasteiger partial charge on any atom is 0.226 e. The van der Waals surface area contributed by atoms with Crippen LogP contribution in [0.25, 0.3) is 0 Å². The molecule has 0 spiro atoms. The van der Waals surface area contributed by atoms with E-state index in [1.54, 1.807) is 0 Å². The summed E-state index contributed by atoms with van der Waals surface area (Å²) in [4.78, 5) is 6.98. The Hall–Kier alpha value is -1.32. The van der Waals surface area contributed by atoms with Gasteiger partial charge in [-0.15, -0.1) is 0 Å². The van der Waals surface area contributed by atoms with Gasteiger partial charge in [-0.3, -0.25) is 0 Å². The molecule has 0 radical (unpaired) electrons. The van der Waals surface area contributed by atoms with Crippen LogP contribution in [0, 0.1) is 0 Å². The molecule has 1 fully saturated rings. The Balaban J connectivity index is 1.90. The highest BCUT2D eigenvalue weighted by atomic mass is 16.5. The Morgan fingerprint density at radius 2 is 2.11 bits per heavy atom. The maximum absolute atomic E-state index is 5.29. The number of aromatic nitrogens is 2. The van der Waals surface area contributed by atoms with Crippen molar-refractivity contribution >= 4 is 0 Å². The standard InChI is InChI=1S/C15H25N3O/c1-4-6-12(3)18-10-8-13(9-11-18)15-16-14(7-5-2)19-17-15/h6,13H,4-5,7-11H2,1-3H3/b12-6-. The van der Waals surface area contributed by atoms with Gasteiger partial charge in [0.15, 0.2) is 5.82 Å². The van der Waals surface area contributed by atoms with Gasteiger partial charge in [-0.25, -0.2) is 0 Å². The van der Waals surface area contributed by atoms with E-state index in [2.05, 4.69) is 41.9 Å². The second-order valence-corrected chi connectivity index (χ2v) is 5.31. The van der Waals surface area contributed by atoms with E-state index in [0.717, 1.165) is 56.9 Å². The second kappa shape index (κ2) is 6.73. The van der Waals surface area contributed by atoms with Crippen molar-refractivity contribution in [2.75, 3.05) is 13.1 Å². The first-order chi connectivity index (χ1) is 9.24. The number of hydrogen-bond acceptors (Lipinski definition) is 4. The molecule has 1 aliphatic rings. The van der Waals surface area contributed by atoms with E-state index >= 15 is 0 Å². The highest BCUT2D eigenvalue weighted by Crippen LogP contribution is 2.27. The third-order valence-corrected chi connectivity index (χ3v) is 3.81. The van der Waals surface area contributed by atoms with Crippen molar-refractivity contribution in [2.24, 2.45) is 0 Å². The molecule has 0 N–H and O–H groups in total. The number of likely N-dealkylation sites (tertiary alicyclic amines) is 1. The van der Waals surface area contributed by atoms with Crippen molar-refractivity contribution in [3.8, 4) is 0 Å². The van der Waals surface area contributed by atoms with Gasteiger partial charge in [-0.1, -0.05) is 25.1 Å². The van der Waals surface area contributed by atoms with Gasteiger partial charge in [0.05, 0.1) is 0 Å². The first kappa shape index (κ1) is 14.1. The topological polar surface area (TPSA) is 42.2 Å². The summed E-state index contributed by atoms with van der Waals surface area (Å²) in [6, 6.07) is 0. The molecule has 0 saturated carbocycles. The summed E-state index contributed by atoms with van der Waals surface area (Å²) in [6.45, 7) is 8.73. The first-order valence-corrected chi connectivity index (χ1v) is 7.48. The molecule has 4 nitrogen and oxygen atoms in total. The van der Waals surface area contributed by atoms with Gasteiger partial charge in [-0.2, -0.15) is 4.98 Å². The quantitative estimate of drug-likeness (QED) is 0.815. The van der Waals surface area contributed by atoms with Gasteiger partial charge in [0, 0.05) is 31.1 Å². The SMILES string of the molecule is CC/C=C(/C)N1CCC(c2noc(CCC)n2)CC1. The van der Waals surface area contributed by atoms with Crippen LogP contribution in [0.3, 0.4) is 0 Å². The number of nitrogens with zero attached hydrogens (tertiary/aromatic N) is 3. The van der Waals surface area contributed by atoms with E-state index in [4.69, 9.17) is 4.52 Å². The molecule has 2 rings (SSSR count). The van der Waals surface area contributed by atoms with Crippen LogP contribution >= 0.6 is 0 Å². The third-order valence-electron chi connectivity index (χ3n) is 3.81. The summed E-state index contributed by atoms with van der Waals surface area (Å²) in [5, 5.41) is 4.15. The lowest BCUT2D eigenvalue weighted by atomic mass is 9.96. The lowest BCUT2D eigenvalue weighted by Crippen LogP contribution is -2.31. The maximum atomic E-state index is 5.29. The van der Waals surface area contributed by atoms with E-state index in [1.807, 2.05) is 0 Å². The molecule has 106 valence electrons. The fourth-order valence-corrected chi connectivity index (χ4v) is 2.66. The van der Waals surface area contributed by atoms with Gasteiger partial charge in [-0.05, 0) is 32.6 Å². The Morgan fingerprint density at radius 3 is 2.74 bits per heavy atom. The molecule has 1 aliphatic heterocycles. The second-order valence-electron chi connectivity index (χ2n) is 5.31. The van der Waals surface area contributed by atoms with E-state index < -0.39 is 0 Å². The van der Waals surface area contributed by atoms with Crippen LogP contribution in [-0.2, 0) is 6.42 Å². The van der Waals surface area contributed by atoms with Crippen molar-refractivity contribution in [1.29, 1.82) is 0 Å². The zero-order valence-electron chi connectivity index (χ0n) is 12.4. The summed E-state index contributed by atoms with van der Waals surface area (Å²) in [7, 11) is 0. The number of hydrogen-bond donors (Lipinski definition) is 0. The Kier molecular flexibility index (Phi) is 5.00. The zero-order valence-corrected chi connectivity index (χ0v) is 12.4. The molecule has 0 unspecified atom stereocenters. The van der Waals surface area contributed by atoms with Crippen molar-refractivity contribution < 1.29 is 4.52 Å². The van der Waals surface area contributed by atoms with Gasteiger partial charge in [0.2, 0.25) is 5.89 Å². The Morgan fingerprint density at radius 1 is 1.37 bits per heavy atom. The number of aryl methyl sites for hydroxylation is 1. The largest absolute Gasteiger partial charge is 0.375 e. The monoisotopic (exact) mass is 263 g/mol. The fraction of sp³-hybridized carbons (Fsp3) is 0.733. The molecule has 2 heterocycles. The lowest BCUT2D eigenvalue weighted by Gasteiger charge is -2.33. The van der Waals surface area contributed by atoms with Crippen LogP contribution in [-0.4, -0.2) is 28.1 Å². The van der Waals surface area contributed by atoms with E-state index in [9.17, 15) is 0 Å². The van der Waals surface area contributed by atoms with Crippen LogP contribution in [0.15, 0.2) is 16.3 Å². The van der Waals surface area contributed by atoms with Gasteiger partial charge in [0.1, 0.15) is 0 Å². The molecule has 1 aromatic heterocycles. The molecule has 4 heteroatoms. The molecule has 0 bridgehead atoms. The molecule has 0 atom stereocenters.